The van der Waals surface area contributed by atoms with Crippen molar-refractivity contribution in [3.05, 3.63) is 78.4 Å². The van der Waals surface area contributed by atoms with Crippen molar-refractivity contribution in [2.24, 2.45) is 0 Å². The van der Waals surface area contributed by atoms with Crippen molar-refractivity contribution < 1.29 is 27.8 Å². The van der Waals surface area contributed by atoms with Crippen molar-refractivity contribution >= 4 is 34.6 Å². The highest BCUT2D eigenvalue weighted by atomic mass is 19.3. The normalized spacial score (nSPS) is 13.8. The van der Waals surface area contributed by atoms with E-state index in [1.807, 2.05) is 4.90 Å². The van der Waals surface area contributed by atoms with Gasteiger partial charge in [-0.3, -0.25) is 14.5 Å². The molecule has 10 heteroatoms. The molecule has 1 aliphatic heterocycles. The second-order valence-corrected chi connectivity index (χ2v) is 8.04. The number of nitrogens with zero attached hydrogens (tertiary/aromatic N) is 1. The van der Waals surface area contributed by atoms with Crippen LogP contribution >= 0.6 is 0 Å². The van der Waals surface area contributed by atoms with Crippen LogP contribution in [0.2, 0.25) is 0 Å². The van der Waals surface area contributed by atoms with E-state index in [9.17, 15) is 18.4 Å². The smallest absolute Gasteiger partial charge is 0.387 e. The lowest BCUT2D eigenvalue weighted by Gasteiger charge is -2.25. The van der Waals surface area contributed by atoms with Gasteiger partial charge in [-0.2, -0.15) is 8.78 Å². The molecule has 188 valence electrons. The molecule has 0 aromatic heterocycles. The average molecular weight is 497 g/mol. The zero-order chi connectivity index (χ0) is 25.3. The third-order valence-corrected chi connectivity index (χ3v) is 5.43. The van der Waals surface area contributed by atoms with Gasteiger partial charge in [-0.25, -0.2) is 0 Å². The number of morpholine rings is 1. The van der Waals surface area contributed by atoms with Gasteiger partial charge in [0.15, 0.2) is 0 Å². The van der Waals surface area contributed by atoms with Crippen LogP contribution in [0.1, 0.15) is 10.4 Å². The van der Waals surface area contributed by atoms with E-state index in [4.69, 9.17) is 4.74 Å². The minimum Gasteiger partial charge on any atom is -0.435 e. The number of hydrogen-bond donors (Lipinski definition) is 3. The summed E-state index contributed by atoms with van der Waals surface area (Å²) in [6.45, 7) is 0.119. The molecule has 3 aromatic carbocycles. The molecule has 1 saturated heterocycles. The third kappa shape index (κ3) is 7.24. The monoisotopic (exact) mass is 496 g/mol. The summed E-state index contributed by atoms with van der Waals surface area (Å²) in [5, 5.41) is 8.82. The van der Waals surface area contributed by atoms with Gasteiger partial charge in [0.2, 0.25) is 5.91 Å². The summed E-state index contributed by atoms with van der Waals surface area (Å²) in [7, 11) is 0. The number of anilines is 4. The van der Waals surface area contributed by atoms with E-state index in [0.717, 1.165) is 13.1 Å². The van der Waals surface area contributed by atoms with Gasteiger partial charge in [0, 0.05) is 30.2 Å². The fourth-order valence-corrected chi connectivity index (χ4v) is 3.66. The molecule has 0 radical (unpaired) electrons. The zero-order valence-electron chi connectivity index (χ0n) is 19.4. The number of rotatable bonds is 9. The van der Waals surface area contributed by atoms with E-state index in [2.05, 4.69) is 20.7 Å². The summed E-state index contributed by atoms with van der Waals surface area (Å²) in [6.07, 6.45) is 0. The molecule has 1 fully saturated rings. The van der Waals surface area contributed by atoms with Crippen molar-refractivity contribution in [3.8, 4) is 5.75 Å². The maximum atomic E-state index is 12.9. The Morgan fingerprint density at radius 1 is 0.861 bits per heavy atom. The molecule has 0 saturated carbocycles. The highest BCUT2D eigenvalue weighted by molar-refractivity contribution is 6.08. The van der Waals surface area contributed by atoms with E-state index in [-0.39, 0.29) is 17.6 Å². The van der Waals surface area contributed by atoms with Gasteiger partial charge >= 0.3 is 6.61 Å². The molecule has 36 heavy (non-hydrogen) atoms. The summed E-state index contributed by atoms with van der Waals surface area (Å²) in [4.78, 5) is 27.2. The zero-order valence-corrected chi connectivity index (χ0v) is 19.4. The van der Waals surface area contributed by atoms with Crippen LogP contribution in [0.25, 0.3) is 0 Å². The summed E-state index contributed by atoms with van der Waals surface area (Å²) >= 11 is 0. The van der Waals surface area contributed by atoms with Gasteiger partial charge in [-0.05, 0) is 60.7 Å². The molecule has 4 rings (SSSR count). The van der Waals surface area contributed by atoms with E-state index in [1.54, 1.807) is 60.7 Å². The fourth-order valence-electron chi connectivity index (χ4n) is 3.66. The van der Waals surface area contributed by atoms with Gasteiger partial charge < -0.3 is 25.4 Å². The Kier molecular flexibility index (Phi) is 8.43. The van der Waals surface area contributed by atoms with E-state index in [1.165, 1.54) is 12.1 Å². The maximum absolute atomic E-state index is 12.9. The summed E-state index contributed by atoms with van der Waals surface area (Å²) in [5.74, 6) is -0.398. The molecule has 0 bridgehead atoms. The molecule has 3 N–H and O–H groups in total. The van der Waals surface area contributed by atoms with E-state index < -0.39 is 6.61 Å². The summed E-state index contributed by atoms with van der Waals surface area (Å²) in [6, 6.07) is 19.8. The van der Waals surface area contributed by atoms with E-state index in [0.29, 0.717) is 48.1 Å². The molecule has 3 aromatic rings. The van der Waals surface area contributed by atoms with Gasteiger partial charge in [-0.15, -0.1) is 0 Å². The largest absolute Gasteiger partial charge is 0.435 e. The first-order valence-corrected chi connectivity index (χ1v) is 11.4. The third-order valence-electron chi connectivity index (χ3n) is 5.43. The number of carbonyl (C=O) groups is 2. The van der Waals surface area contributed by atoms with Gasteiger partial charge in [0.1, 0.15) is 5.75 Å². The topological polar surface area (TPSA) is 91.9 Å². The molecule has 0 atom stereocenters. The Balaban J connectivity index is 1.34. The lowest BCUT2D eigenvalue weighted by atomic mass is 10.1. The highest BCUT2D eigenvalue weighted by Gasteiger charge is 2.15. The first kappa shape index (κ1) is 25.1. The number of carbonyl (C=O) groups excluding carboxylic acids is 2. The number of halogens is 2. The number of para-hydroxylation sites is 1. The Morgan fingerprint density at radius 2 is 1.47 bits per heavy atom. The Hall–Kier alpha value is -4.02. The number of hydrogen-bond acceptors (Lipinski definition) is 6. The van der Waals surface area contributed by atoms with Crippen LogP contribution in [0.3, 0.4) is 0 Å². The van der Waals surface area contributed by atoms with Crippen molar-refractivity contribution in [1.29, 1.82) is 0 Å². The van der Waals surface area contributed by atoms with Crippen molar-refractivity contribution in [3.63, 3.8) is 0 Å². The van der Waals surface area contributed by atoms with Crippen LogP contribution in [0, 0.1) is 0 Å². The molecule has 1 heterocycles. The SMILES string of the molecule is O=C(CN1CCOCC1)Nc1ccc(NC(=O)c2ccccc2Nc2ccc(OC(F)F)cc2)cc1. The van der Waals surface area contributed by atoms with E-state index >= 15 is 0 Å². The minimum atomic E-state index is -2.89. The number of alkyl halides is 2. The van der Waals surface area contributed by atoms with Gasteiger partial charge in [0.25, 0.3) is 5.91 Å². The fraction of sp³-hybridized carbons (Fsp3) is 0.231. The van der Waals surface area contributed by atoms with Gasteiger partial charge in [0.05, 0.1) is 31.0 Å². The summed E-state index contributed by atoms with van der Waals surface area (Å²) in [5.41, 5.74) is 2.74. The first-order valence-electron chi connectivity index (χ1n) is 11.4. The molecule has 8 nitrogen and oxygen atoms in total. The Morgan fingerprint density at radius 3 is 2.14 bits per heavy atom. The first-order chi connectivity index (χ1) is 17.5. The number of nitrogens with one attached hydrogen (secondary N) is 3. The molecule has 0 aliphatic carbocycles. The molecule has 2 amide bonds. The Bertz CT molecular complexity index is 1170. The number of ether oxygens (including phenoxy) is 2. The molecule has 0 unspecified atom stereocenters. The van der Waals surface area contributed by atoms with Crippen LogP contribution in [-0.2, 0) is 9.53 Å². The maximum Gasteiger partial charge on any atom is 0.387 e. The van der Waals surface area contributed by atoms with Crippen LogP contribution in [0.5, 0.6) is 5.75 Å². The second-order valence-electron chi connectivity index (χ2n) is 8.04. The van der Waals surface area contributed by atoms with Crippen LogP contribution in [0.15, 0.2) is 72.8 Å². The highest BCUT2D eigenvalue weighted by Crippen LogP contribution is 2.25. The van der Waals surface area contributed by atoms with Crippen molar-refractivity contribution in [1.82, 2.24) is 4.90 Å². The predicted molar refractivity (Wildman–Crippen MR) is 133 cm³/mol. The Labute approximate surface area is 207 Å². The average Bonchev–Trinajstić information content (AvgIpc) is 2.87. The number of benzene rings is 3. The lowest BCUT2D eigenvalue weighted by Crippen LogP contribution is -2.41. The lowest BCUT2D eigenvalue weighted by molar-refractivity contribution is -0.118. The quantitative estimate of drug-likeness (QED) is 0.403. The van der Waals surface area contributed by atoms with Crippen LogP contribution in [0.4, 0.5) is 31.5 Å². The summed E-state index contributed by atoms with van der Waals surface area (Å²) < 4.78 is 34.3. The molecule has 1 aliphatic rings. The van der Waals surface area contributed by atoms with Crippen LogP contribution in [-0.4, -0.2) is 56.2 Å². The molecule has 0 spiro atoms. The van der Waals surface area contributed by atoms with Crippen molar-refractivity contribution in [2.45, 2.75) is 6.61 Å². The second kappa shape index (κ2) is 12.1. The van der Waals surface area contributed by atoms with Crippen molar-refractivity contribution in [2.75, 3.05) is 48.8 Å². The minimum absolute atomic E-state index is 0.0438. The number of amides is 2. The standard InChI is InChI=1S/C26H26F2N4O4/c27-26(28)36-21-11-9-18(10-12-21)29-23-4-2-1-3-22(23)25(34)31-20-7-5-19(6-8-20)30-24(33)17-32-13-15-35-16-14-32/h1-12,26,29H,13-17H2,(H,30,33)(H,31,34). The molecular weight excluding hydrogens is 470 g/mol. The van der Waals surface area contributed by atoms with Gasteiger partial charge in [-0.1, -0.05) is 12.1 Å². The molecular formula is C26H26F2N4O4. The van der Waals surface area contributed by atoms with Crippen LogP contribution < -0.4 is 20.7 Å². The predicted octanol–water partition coefficient (Wildman–Crippen LogP) is 4.55.